The predicted octanol–water partition coefficient (Wildman–Crippen LogP) is 2.62. The van der Waals surface area contributed by atoms with Gasteiger partial charge in [-0.25, -0.2) is 8.42 Å². The molecule has 2 saturated heterocycles. The molecule has 3 aliphatic rings. The average molecular weight is 434 g/mol. The molecule has 1 aromatic carbocycles. The van der Waals surface area contributed by atoms with Crippen LogP contribution in [-0.2, 0) is 26.0 Å². The number of carbonyl (C=O) groups excluding carboxylic acids is 2. The zero-order valence-corrected chi connectivity index (χ0v) is 18.4. The van der Waals surface area contributed by atoms with Crippen LogP contribution in [0.15, 0.2) is 23.1 Å². The number of nitrogens with zero attached hydrogens (tertiary/aromatic N) is 2. The largest absolute Gasteiger partial charge is 0.342 e. The first-order valence-corrected chi connectivity index (χ1v) is 12.5. The highest BCUT2D eigenvalue weighted by molar-refractivity contribution is 7.89. The minimum absolute atomic E-state index is 0.0335. The van der Waals surface area contributed by atoms with Crippen LogP contribution in [0, 0.1) is 11.8 Å². The first-order chi connectivity index (χ1) is 14.3. The van der Waals surface area contributed by atoms with Crippen LogP contribution in [0.25, 0.3) is 0 Å². The minimum atomic E-state index is -3.68. The number of piperidine rings is 2. The third-order valence-electron chi connectivity index (χ3n) is 6.67. The van der Waals surface area contributed by atoms with Crippen LogP contribution in [-0.4, -0.2) is 55.6 Å². The van der Waals surface area contributed by atoms with Crippen molar-refractivity contribution in [1.29, 1.82) is 0 Å². The van der Waals surface area contributed by atoms with E-state index < -0.39 is 10.0 Å². The molecule has 0 saturated carbocycles. The maximum atomic E-state index is 13.3. The molecule has 2 amide bonds. The second-order valence-corrected chi connectivity index (χ2v) is 10.9. The number of fused-ring (bicyclic) bond motifs is 1. The Morgan fingerprint density at radius 3 is 2.60 bits per heavy atom. The SMILES string of the molecule is CC1CCN(C(=O)C2CCCN(S(=O)(=O)c3ccc4c(c3)CCCC(=O)N4)C2)CC1. The van der Waals surface area contributed by atoms with E-state index in [0.717, 1.165) is 37.9 Å². The topological polar surface area (TPSA) is 86.8 Å². The van der Waals surface area contributed by atoms with E-state index in [0.29, 0.717) is 43.8 Å². The van der Waals surface area contributed by atoms with Gasteiger partial charge in [-0.1, -0.05) is 6.92 Å². The quantitative estimate of drug-likeness (QED) is 0.794. The number of hydrogen-bond acceptors (Lipinski definition) is 4. The number of aryl methyl sites for hydroxylation is 1. The molecule has 0 aromatic heterocycles. The van der Waals surface area contributed by atoms with Gasteiger partial charge in [0.2, 0.25) is 21.8 Å². The molecule has 164 valence electrons. The second-order valence-electron chi connectivity index (χ2n) is 8.93. The van der Waals surface area contributed by atoms with Gasteiger partial charge >= 0.3 is 0 Å². The van der Waals surface area contributed by atoms with Gasteiger partial charge in [0.1, 0.15) is 0 Å². The van der Waals surface area contributed by atoms with Crippen molar-refractivity contribution in [3.63, 3.8) is 0 Å². The Balaban J connectivity index is 1.49. The average Bonchev–Trinajstić information content (AvgIpc) is 2.93. The van der Waals surface area contributed by atoms with Crippen molar-refractivity contribution in [3.8, 4) is 0 Å². The number of benzene rings is 1. The fraction of sp³-hybridized carbons (Fsp3) is 0.636. The first kappa shape index (κ1) is 21.3. The fourth-order valence-corrected chi connectivity index (χ4v) is 6.28. The Hall–Kier alpha value is -1.93. The third kappa shape index (κ3) is 4.39. The lowest BCUT2D eigenvalue weighted by molar-refractivity contribution is -0.138. The summed E-state index contributed by atoms with van der Waals surface area (Å²) in [6.45, 7) is 4.46. The second kappa shape index (κ2) is 8.67. The molecule has 0 spiro atoms. The number of rotatable bonds is 3. The molecule has 1 unspecified atom stereocenters. The highest BCUT2D eigenvalue weighted by atomic mass is 32.2. The van der Waals surface area contributed by atoms with Gasteiger partial charge in [0, 0.05) is 38.3 Å². The van der Waals surface area contributed by atoms with E-state index in [2.05, 4.69) is 12.2 Å². The number of hydrogen-bond donors (Lipinski definition) is 1. The van der Waals surface area contributed by atoms with E-state index in [1.54, 1.807) is 18.2 Å². The Morgan fingerprint density at radius 2 is 1.83 bits per heavy atom. The molecular weight excluding hydrogens is 402 g/mol. The van der Waals surface area contributed by atoms with Crippen molar-refractivity contribution in [3.05, 3.63) is 23.8 Å². The number of amides is 2. The maximum absolute atomic E-state index is 13.3. The number of nitrogens with one attached hydrogen (secondary N) is 1. The molecule has 8 heteroatoms. The van der Waals surface area contributed by atoms with Gasteiger partial charge in [0.25, 0.3) is 0 Å². The zero-order chi connectivity index (χ0) is 21.3. The molecule has 3 aliphatic heterocycles. The van der Waals surface area contributed by atoms with Gasteiger partial charge in [0.15, 0.2) is 0 Å². The normalized spacial score (nSPS) is 24.1. The summed E-state index contributed by atoms with van der Waals surface area (Å²) in [6.07, 6.45) is 5.30. The Bertz CT molecular complexity index is 922. The lowest BCUT2D eigenvalue weighted by Crippen LogP contribution is -2.48. The van der Waals surface area contributed by atoms with E-state index in [1.807, 2.05) is 4.90 Å². The standard InChI is InChI=1S/C22H31N3O4S/c1-16-9-12-24(13-10-16)22(27)18-5-3-11-25(15-18)30(28,29)19-7-8-20-17(14-19)4-2-6-21(26)23-20/h7-8,14,16,18H,2-6,9-13,15H2,1H3,(H,23,26). The van der Waals surface area contributed by atoms with Crippen LogP contribution in [0.4, 0.5) is 5.69 Å². The van der Waals surface area contributed by atoms with E-state index >= 15 is 0 Å². The lowest BCUT2D eigenvalue weighted by atomic mass is 9.94. The van der Waals surface area contributed by atoms with Crippen molar-refractivity contribution in [1.82, 2.24) is 9.21 Å². The van der Waals surface area contributed by atoms with Crippen molar-refractivity contribution in [2.45, 2.75) is 56.8 Å². The molecular formula is C22H31N3O4S. The van der Waals surface area contributed by atoms with Crippen molar-refractivity contribution >= 4 is 27.5 Å². The van der Waals surface area contributed by atoms with E-state index in [-0.39, 0.29) is 29.2 Å². The summed E-state index contributed by atoms with van der Waals surface area (Å²) in [6, 6.07) is 4.94. The summed E-state index contributed by atoms with van der Waals surface area (Å²) in [5, 5.41) is 2.84. The molecule has 30 heavy (non-hydrogen) atoms. The molecule has 1 N–H and O–H groups in total. The van der Waals surface area contributed by atoms with Gasteiger partial charge in [-0.05, 0) is 68.2 Å². The van der Waals surface area contributed by atoms with Gasteiger partial charge < -0.3 is 10.2 Å². The summed E-state index contributed by atoms with van der Waals surface area (Å²) in [5.41, 5.74) is 1.55. The maximum Gasteiger partial charge on any atom is 0.243 e. The Labute approximate surface area is 178 Å². The molecule has 7 nitrogen and oxygen atoms in total. The van der Waals surface area contributed by atoms with E-state index in [4.69, 9.17) is 0 Å². The fourth-order valence-electron chi connectivity index (χ4n) is 4.71. The molecule has 0 aliphatic carbocycles. The number of likely N-dealkylation sites (tertiary alicyclic amines) is 1. The van der Waals surface area contributed by atoms with Gasteiger partial charge in [-0.2, -0.15) is 4.31 Å². The van der Waals surface area contributed by atoms with Crippen LogP contribution in [0.1, 0.15) is 51.0 Å². The zero-order valence-electron chi connectivity index (χ0n) is 17.6. The number of anilines is 1. The monoisotopic (exact) mass is 433 g/mol. The van der Waals surface area contributed by atoms with Crippen molar-refractivity contribution in [2.24, 2.45) is 11.8 Å². The first-order valence-electron chi connectivity index (χ1n) is 11.1. The van der Waals surface area contributed by atoms with Crippen molar-refractivity contribution < 1.29 is 18.0 Å². The predicted molar refractivity (Wildman–Crippen MR) is 114 cm³/mol. The molecule has 1 atom stereocenters. The molecule has 1 aromatic rings. The molecule has 4 rings (SSSR count). The van der Waals surface area contributed by atoms with Crippen LogP contribution >= 0.6 is 0 Å². The van der Waals surface area contributed by atoms with E-state index in [9.17, 15) is 18.0 Å². The molecule has 2 fully saturated rings. The van der Waals surface area contributed by atoms with Gasteiger partial charge in [-0.15, -0.1) is 0 Å². The summed E-state index contributed by atoms with van der Waals surface area (Å²) in [5.74, 6) is 0.456. The van der Waals surface area contributed by atoms with Crippen LogP contribution in [0.5, 0.6) is 0 Å². The molecule has 3 heterocycles. The summed E-state index contributed by atoms with van der Waals surface area (Å²) >= 11 is 0. The number of sulfonamides is 1. The van der Waals surface area contributed by atoms with Crippen molar-refractivity contribution in [2.75, 3.05) is 31.5 Å². The van der Waals surface area contributed by atoms with Crippen LogP contribution < -0.4 is 5.32 Å². The van der Waals surface area contributed by atoms with Crippen LogP contribution in [0.3, 0.4) is 0 Å². The smallest absolute Gasteiger partial charge is 0.243 e. The summed E-state index contributed by atoms with van der Waals surface area (Å²) in [4.78, 5) is 26.9. The Kier molecular flexibility index (Phi) is 6.16. The molecule has 0 radical (unpaired) electrons. The summed E-state index contributed by atoms with van der Waals surface area (Å²) in [7, 11) is -3.68. The summed E-state index contributed by atoms with van der Waals surface area (Å²) < 4.78 is 28.1. The highest BCUT2D eigenvalue weighted by Crippen LogP contribution is 2.30. The van der Waals surface area contributed by atoms with Crippen LogP contribution in [0.2, 0.25) is 0 Å². The van der Waals surface area contributed by atoms with Gasteiger partial charge in [-0.3, -0.25) is 9.59 Å². The van der Waals surface area contributed by atoms with Gasteiger partial charge in [0.05, 0.1) is 10.8 Å². The van der Waals surface area contributed by atoms with E-state index in [1.165, 1.54) is 4.31 Å². The third-order valence-corrected chi connectivity index (χ3v) is 8.53. The minimum Gasteiger partial charge on any atom is -0.342 e. The lowest BCUT2D eigenvalue weighted by Gasteiger charge is -2.37. The molecule has 0 bridgehead atoms. The highest BCUT2D eigenvalue weighted by Gasteiger charge is 2.36. The Morgan fingerprint density at radius 1 is 1.07 bits per heavy atom. The number of carbonyl (C=O) groups is 2.